The van der Waals surface area contributed by atoms with E-state index in [0.717, 1.165) is 23.0 Å². The molecule has 2 heterocycles. The molecule has 0 spiro atoms. The van der Waals surface area contributed by atoms with Gasteiger partial charge < -0.3 is 4.40 Å². The zero-order valence-corrected chi connectivity index (χ0v) is 15.2. The molecule has 2 aromatic heterocycles. The molecule has 0 saturated heterocycles. The zero-order chi connectivity index (χ0) is 19.7. The van der Waals surface area contributed by atoms with Crippen LogP contribution in [0.15, 0.2) is 84.0 Å². The van der Waals surface area contributed by atoms with Gasteiger partial charge in [0.05, 0.1) is 15.5 Å². The molecule has 0 amide bonds. The van der Waals surface area contributed by atoms with Gasteiger partial charge in [-0.05, 0) is 30.3 Å². The molecule has 1 N–H and O–H groups in total. The maximum absolute atomic E-state index is 12.5. The standard InChI is InChI=1S/C19H14N4O4S/c24-23(25)16-4-3-5-17(12-16)28(26,27)21-15-9-7-14(8-10-15)18-13-22-11-2-1-6-19(22)20-18/h1-13,21H. The van der Waals surface area contributed by atoms with Crippen molar-refractivity contribution in [1.29, 1.82) is 0 Å². The summed E-state index contributed by atoms with van der Waals surface area (Å²) in [7, 11) is -3.94. The van der Waals surface area contributed by atoms with Crippen LogP contribution in [0.5, 0.6) is 0 Å². The first-order valence-electron chi connectivity index (χ1n) is 8.24. The molecule has 9 heteroatoms. The number of nitrogens with zero attached hydrogens (tertiary/aromatic N) is 3. The Hall–Kier alpha value is -3.72. The minimum absolute atomic E-state index is 0.175. The van der Waals surface area contributed by atoms with Gasteiger partial charge in [-0.25, -0.2) is 13.4 Å². The van der Waals surface area contributed by atoms with Gasteiger partial charge in [-0.2, -0.15) is 0 Å². The highest BCUT2D eigenvalue weighted by Crippen LogP contribution is 2.24. The average molecular weight is 394 g/mol. The third-order valence-corrected chi connectivity index (χ3v) is 5.51. The number of imidazole rings is 1. The van der Waals surface area contributed by atoms with Gasteiger partial charge in [-0.15, -0.1) is 0 Å². The molecule has 4 rings (SSSR count). The first-order valence-corrected chi connectivity index (χ1v) is 9.72. The fraction of sp³-hybridized carbons (Fsp3) is 0. The van der Waals surface area contributed by atoms with Gasteiger partial charge >= 0.3 is 0 Å². The van der Waals surface area contributed by atoms with E-state index >= 15 is 0 Å². The molecule has 0 aliphatic carbocycles. The van der Waals surface area contributed by atoms with Crippen molar-refractivity contribution < 1.29 is 13.3 Å². The highest BCUT2D eigenvalue weighted by atomic mass is 32.2. The second-order valence-electron chi connectivity index (χ2n) is 6.03. The Labute approximate surface area is 160 Å². The van der Waals surface area contributed by atoms with Gasteiger partial charge in [-0.1, -0.05) is 24.3 Å². The summed E-state index contributed by atoms with van der Waals surface area (Å²) >= 11 is 0. The van der Waals surface area contributed by atoms with Crippen LogP contribution in [0.1, 0.15) is 0 Å². The van der Waals surface area contributed by atoms with Gasteiger partial charge in [0.1, 0.15) is 5.65 Å². The van der Waals surface area contributed by atoms with E-state index in [4.69, 9.17) is 0 Å². The quantitative estimate of drug-likeness (QED) is 0.410. The number of anilines is 1. The third kappa shape index (κ3) is 3.42. The van der Waals surface area contributed by atoms with E-state index in [1.807, 2.05) is 35.0 Å². The van der Waals surface area contributed by atoms with E-state index in [0.29, 0.717) is 5.69 Å². The summed E-state index contributed by atoms with van der Waals surface area (Å²) in [5.41, 5.74) is 2.47. The van der Waals surface area contributed by atoms with E-state index in [1.165, 1.54) is 18.2 Å². The van der Waals surface area contributed by atoms with Crippen molar-refractivity contribution in [3.8, 4) is 11.3 Å². The van der Waals surface area contributed by atoms with Crippen LogP contribution in [0.3, 0.4) is 0 Å². The number of non-ortho nitro benzene ring substituents is 1. The molecule has 0 saturated carbocycles. The van der Waals surface area contributed by atoms with Gasteiger partial charge in [0.2, 0.25) is 0 Å². The van der Waals surface area contributed by atoms with Crippen molar-refractivity contribution in [2.24, 2.45) is 0 Å². The summed E-state index contributed by atoms with van der Waals surface area (Å²) < 4.78 is 29.3. The molecule has 28 heavy (non-hydrogen) atoms. The lowest BCUT2D eigenvalue weighted by atomic mass is 10.1. The molecular weight excluding hydrogens is 380 g/mol. The van der Waals surface area contributed by atoms with Crippen molar-refractivity contribution in [2.45, 2.75) is 4.90 Å². The van der Waals surface area contributed by atoms with E-state index in [1.54, 1.807) is 24.3 Å². The van der Waals surface area contributed by atoms with Crippen molar-refractivity contribution >= 4 is 27.0 Å². The predicted molar refractivity (Wildman–Crippen MR) is 105 cm³/mol. The number of sulfonamides is 1. The molecular formula is C19H14N4O4S. The summed E-state index contributed by atoms with van der Waals surface area (Å²) in [6, 6.07) is 17.4. The molecule has 0 radical (unpaired) electrons. The Bertz CT molecular complexity index is 1250. The van der Waals surface area contributed by atoms with Crippen LogP contribution in [-0.4, -0.2) is 22.7 Å². The lowest BCUT2D eigenvalue weighted by Crippen LogP contribution is -2.13. The highest BCUT2D eigenvalue weighted by molar-refractivity contribution is 7.92. The van der Waals surface area contributed by atoms with E-state index in [9.17, 15) is 18.5 Å². The molecule has 140 valence electrons. The number of nitro benzene ring substituents is 1. The van der Waals surface area contributed by atoms with Crippen LogP contribution in [0.2, 0.25) is 0 Å². The Morgan fingerprint density at radius 3 is 2.50 bits per heavy atom. The summed E-state index contributed by atoms with van der Waals surface area (Å²) in [5.74, 6) is 0. The summed E-state index contributed by atoms with van der Waals surface area (Å²) in [6.45, 7) is 0. The fourth-order valence-corrected chi connectivity index (χ4v) is 3.86. The molecule has 0 bridgehead atoms. The Kier molecular flexibility index (Phi) is 4.28. The normalized spacial score (nSPS) is 11.4. The number of nitrogens with one attached hydrogen (secondary N) is 1. The molecule has 8 nitrogen and oxygen atoms in total. The maximum atomic E-state index is 12.5. The van der Waals surface area contributed by atoms with Crippen molar-refractivity contribution in [2.75, 3.05) is 4.72 Å². The number of hydrogen-bond donors (Lipinski definition) is 1. The van der Waals surface area contributed by atoms with E-state index in [2.05, 4.69) is 9.71 Å². The summed E-state index contributed by atoms with van der Waals surface area (Å²) in [6.07, 6.45) is 3.78. The molecule has 0 unspecified atom stereocenters. The topological polar surface area (TPSA) is 107 Å². The molecule has 0 fully saturated rings. The van der Waals surface area contributed by atoms with Crippen LogP contribution in [0.4, 0.5) is 11.4 Å². The molecule has 0 aliphatic rings. The lowest BCUT2D eigenvalue weighted by molar-refractivity contribution is -0.385. The van der Waals surface area contributed by atoms with Gasteiger partial charge in [0.15, 0.2) is 0 Å². The Balaban J connectivity index is 1.58. The van der Waals surface area contributed by atoms with Gasteiger partial charge in [0, 0.05) is 35.8 Å². The SMILES string of the molecule is O=[N+]([O-])c1cccc(S(=O)(=O)Nc2ccc(-c3cn4ccccc4n3)cc2)c1. The fourth-order valence-electron chi connectivity index (χ4n) is 2.76. The minimum Gasteiger partial charge on any atom is -0.306 e. The second-order valence-corrected chi connectivity index (χ2v) is 7.71. The summed E-state index contributed by atoms with van der Waals surface area (Å²) in [5, 5.41) is 10.9. The van der Waals surface area contributed by atoms with Crippen molar-refractivity contribution in [1.82, 2.24) is 9.38 Å². The third-order valence-electron chi connectivity index (χ3n) is 4.14. The number of fused-ring (bicyclic) bond motifs is 1. The van der Waals surface area contributed by atoms with Crippen LogP contribution < -0.4 is 4.72 Å². The number of hydrogen-bond acceptors (Lipinski definition) is 5. The minimum atomic E-state index is -3.94. The van der Waals surface area contributed by atoms with Crippen molar-refractivity contribution in [3.05, 3.63) is 89.2 Å². The molecule has 4 aromatic rings. The molecule has 0 atom stereocenters. The van der Waals surface area contributed by atoms with Crippen molar-refractivity contribution in [3.63, 3.8) is 0 Å². The van der Waals surface area contributed by atoms with Crippen LogP contribution in [-0.2, 0) is 10.0 Å². The highest BCUT2D eigenvalue weighted by Gasteiger charge is 2.18. The van der Waals surface area contributed by atoms with Crippen LogP contribution in [0.25, 0.3) is 16.9 Å². The zero-order valence-electron chi connectivity index (χ0n) is 14.4. The first-order chi connectivity index (χ1) is 13.4. The van der Waals surface area contributed by atoms with Crippen LogP contribution >= 0.6 is 0 Å². The van der Waals surface area contributed by atoms with E-state index in [-0.39, 0.29) is 10.6 Å². The number of benzene rings is 2. The largest absolute Gasteiger partial charge is 0.306 e. The van der Waals surface area contributed by atoms with Gasteiger partial charge in [0.25, 0.3) is 15.7 Å². The van der Waals surface area contributed by atoms with E-state index < -0.39 is 14.9 Å². The number of pyridine rings is 1. The predicted octanol–water partition coefficient (Wildman–Crippen LogP) is 3.71. The number of rotatable bonds is 5. The number of nitro groups is 1. The maximum Gasteiger partial charge on any atom is 0.270 e. The summed E-state index contributed by atoms with van der Waals surface area (Å²) in [4.78, 5) is 14.6. The molecule has 0 aliphatic heterocycles. The average Bonchev–Trinajstić information content (AvgIpc) is 3.12. The Morgan fingerprint density at radius 2 is 1.79 bits per heavy atom. The van der Waals surface area contributed by atoms with Crippen LogP contribution in [0, 0.1) is 10.1 Å². The number of aromatic nitrogens is 2. The monoisotopic (exact) mass is 394 g/mol. The second kappa shape index (κ2) is 6.78. The smallest absolute Gasteiger partial charge is 0.270 e. The first kappa shape index (κ1) is 17.7. The lowest BCUT2D eigenvalue weighted by Gasteiger charge is -2.08. The Morgan fingerprint density at radius 1 is 1.00 bits per heavy atom. The van der Waals surface area contributed by atoms with Gasteiger partial charge in [-0.3, -0.25) is 14.8 Å². The molecule has 2 aromatic carbocycles.